The molecule has 0 radical (unpaired) electrons. The zero-order valence-electron chi connectivity index (χ0n) is 12.9. The third-order valence-electron chi connectivity index (χ3n) is 4.17. The average Bonchev–Trinajstić information content (AvgIpc) is 3.29. The molecule has 1 N–H and O–H groups in total. The minimum atomic E-state index is -1.55. The lowest BCUT2D eigenvalue weighted by Gasteiger charge is -2.09. The van der Waals surface area contributed by atoms with Gasteiger partial charge >= 0.3 is 0 Å². The van der Waals surface area contributed by atoms with Crippen LogP contribution in [0.2, 0.25) is 0 Å². The molecule has 0 atom stereocenters. The molecule has 0 amide bonds. The van der Waals surface area contributed by atoms with Crippen LogP contribution in [0.1, 0.15) is 40.6 Å². The lowest BCUT2D eigenvalue weighted by atomic mass is 10.1. The van der Waals surface area contributed by atoms with Crippen molar-refractivity contribution in [1.82, 2.24) is 4.57 Å². The minimum absolute atomic E-state index is 0.184. The van der Waals surface area contributed by atoms with Crippen LogP contribution in [0.4, 0.5) is 18.9 Å². The molecule has 1 aliphatic carbocycles. The number of anilines is 1. The normalized spacial score (nSPS) is 14.1. The largest absolute Gasteiger partial charge is 0.375 e. The second-order valence-electron chi connectivity index (χ2n) is 5.89. The highest BCUT2D eigenvalue weighted by Crippen LogP contribution is 2.38. The molecule has 0 aliphatic heterocycles. The molecule has 6 heteroatoms. The molecule has 1 fully saturated rings. The number of nitrogens with zero attached hydrogens (tertiary/aromatic N) is 1. The Kier molecular flexibility index (Phi) is 3.92. The van der Waals surface area contributed by atoms with Gasteiger partial charge in [-0.05, 0) is 44.9 Å². The van der Waals surface area contributed by atoms with Crippen LogP contribution >= 0.6 is 0 Å². The molecule has 0 saturated heterocycles. The quantitative estimate of drug-likeness (QED) is 0.663. The molecule has 1 aromatic carbocycles. The van der Waals surface area contributed by atoms with Crippen LogP contribution in [0.15, 0.2) is 18.2 Å². The van der Waals surface area contributed by atoms with Crippen molar-refractivity contribution in [2.75, 3.05) is 11.9 Å². The highest BCUT2D eigenvalue weighted by molar-refractivity contribution is 6.00. The molecule has 122 valence electrons. The zero-order valence-corrected chi connectivity index (χ0v) is 12.9. The minimum Gasteiger partial charge on any atom is -0.375 e. The molecule has 23 heavy (non-hydrogen) atoms. The first-order valence-corrected chi connectivity index (χ1v) is 7.49. The summed E-state index contributed by atoms with van der Waals surface area (Å²) in [7, 11) is 0. The molecule has 1 saturated carbocycles. The molecule has 0 unspecified atom stereocenters. The van der Waals surface area contributed by atoms with Crippen molar-refractivity contribution in [2.45, 2.75) is 32.7 Å². The lowest BCUT2D eigenvalue weighted by Crippen LogP contribution is -2.16. The van der Waals surface area contributed by atoms with Gasteiger partial charge in [0.25, 0.3) is 0 Å². The van der Waals surface area contributed by atoms with Gasteiger partial charge in [-0.1, -0.05) is 0 Å². The van der Waals surface area contributed by atoms with E-state index in [-0.39, 0.29) is 18.0 Å². The number of nitrogens with one attached hydrogen (secondary N) is 1. The fourth-order valence-corrected chi connectivity index (χ4v) is 2.89. The van der Waals surface area contributed by atoms with Crippen LogP contribution in [0, 0.1) is 31.3 Å². The van der Waals surface area contributed by atoms with E-state index in [9.17, 15) is 18.0 Å². The smallest absolute Gasteiger partial charge is 0.196 e. The zero-order chi connectivity index (χ0) is 16.7. The predicted octanol–water partition coefficient (Wildman–Crippen LogP) is 4.15. The Morgan fingerprint density at radius 3 is 2.57 bits per heavy atom. The maximum Gasteiger partial charge on any atom is 0.196 e. The van der Waals surface area contributed by atoms with Crippen molar-refractivity contribution in [1.29, 1.82) is 0 Å². The third-order valence-corrected chi connectivity index (χ3v) is 4.17. The van der Waals surface area contributed by atoms with E-state index >= 15 is 0 Å². The standard InChI is InChI=1S/C17H17F3N2O/c1-9-7-12(10(2)22(9)11-3-4-11)15(23)8-21-14-6-5-13(18)16(19)17(14)20/h5-7,11,21H,3-4,8H2,1-2H3. The van der Waals surface area contributed by atoms with E-state index in [4.69, 9.17) is 0 Å². The summed E-state index contributed by atoms with van der Waals surface area (Å²) < 4.78 is 41.8. The Labute approximate surface area is 132 Å². The average molecular weight is 322 g/mol. The van der Waals surface area contributed by atoms with E-state index in [2.05, 4.69) is 9.88 Å². The van der Waals surface area contributed by atoms with Crippen molar-refractivity contribution < 1.29 is 18.0 Å². The van der Waals surface area contributed by atoms with Gasteiger partial charge in [0.2, 0.25) is 0 Å². The molecule has 1 aromatic heterocycles. The SMILES string of the molecule is Cc1cc(C(=O)CNc2ccc(F)c(F)c2F)c(C)n1C1CC1. The van der Waals surface area contributed by atoms with E-state index in [0.717, 1.165) is 36.4 Å². The van der Waals surface area contributed by atoms with Crippen LogP contribution in [0.25, 0.3) is 0 Å². The summed E-state index contributed by atoms with van der Waals surface area (Å²) in [6.45, 7) is 3.65. The van der Waals surface area contributed by atoms with Gasteiger partial charge < -0.3 is 9.88 Å². The number of aromatic nitrogens is 1. The number of hydrogen-bond donors (Lipinski definition) is 1. The van der Waals surface area contributed by atoms with Gasteiger partial charge in [0.15, 0.2) is 23.2 Å². The predicted molar refractivity (Wildman–Crippen MR) is 81.3 cm³/mol. The molecule has 3 rings (SSSR count). The number of carbonyl (C=O) groups excluding carboxylic acids is 1. The van der Waals surface area contributed by atoms with Crippen molar-refractivity contribution in [3.8, 4) is 0 Å². The second-order valence-corrected chi connectivity index (χ2v) is 5.89. The van der Waals surface area contributed by atoms with Crippen molar-refractivity contribution >= 4 is 11.5 Å². The maximum absolute atomic E-state index is 13.6. The second kappa shape index (κ2) is 5.76. The maximum atomic E-state index is 13.6. The summed E-state index contributed by atoms with van der Waals surface area (Å²) >= 11 is 0. The monoisotopic (exact) mass is 322 g/mol. The molecule has 1 aliphatic rings. The van der Waals surface area contributed by atoms with Crippen molar-refractivity contribution in [3.63, 3.8) is 0 Å². The molecular formula is C17H17F3N2O. The van der Waals surface area contributed by atoms with Gasteiger partial charge in [-0.3, -0.25) is 4.79 Å². The topological polar surface area (TPSA) is 34.0 Å². The van der Waals surface area contributed by atoms with Crippen LogP contribution in [-0.4, -0.2) is 16.9 Å². The molecule has 0 spiro atoms. The van der Waals surface area contributed by atoms with Crippen LogP contribution in [0.3, 0.4) is 0 Å². The summed E-state index contributed by atoms with van der Waals surface area (Å²) in [5, 5.41) is 2.54. The highest BCUT2D eigenvalue weighted by atomic mass is 19.2. The Bertz CT molecular complexity index is 779. The molecule has 0 bridgehead atoms. The fraction of sp³-hybridized carbons (Fsp3) is 0.353. The van der Waals surface area contributed by atoms with E-state index in [1.807, 2.05) is 19.9 Å². The van der Waals surface area contributed by atoms with Crippen molar-refractivity contribution in [3.05, 3.63) is 52.6 Å². The first-order chi connectivity index (χ1) is 10.9. The van der Waals surface area contributed by atoms with Crippen LogP contribution in [0.5, 0.6) is 0 Å². The van der Waals surface area contributed by atoms with Gasteiger partial charge in [-0.2, -0.15) is 0 Å². The Morgan fingerprint density at radius 1 is 1.22 bits per heavy atom. The number of hydrogen-bond acceptors (Lipinski definition) is 2. The Hall–Kier alpha value is -2.24. The number of aryl methyl sites for hydroxylation is 1. The molecular weight excluding hydrogens is 305 g/mol. The van der Waals surface area contributed by atoms with Crippen LogP contribution < -0.4 is 5.32 Å². The molecule has 2 aromatic rings. The van der Waals surface area contributed by atoms with Gasteiger partial charge in [0, 0.05) is 23.0 Å². The van der Waals surface area contributed by atoms with Crippen molar-refractivity contribution in [2.24, 2.45) is 0 Å². The summed E-state index contributed by atoms with van der Waals surface area (Å²) in [5.74, 6) is -4.34. The van der Waals surface area contributed by atoms with E-state index < -0.39 is 17.5 Å². The summed E-state index contributed by atoms with van der Waals surface area (Å²) in [4.78, 5) is 12.3. The van der Waals surface area contributed by atoms with Gasteiger partial charge in [0.05, 0.1) is 12.2 Å². The molecule has 1 heterocycles. The highest BCUT2D eigenvalue weighted by Gasteiger charge is 2.28. The van der Waals surface area contributed by atoms with Gasteiger partial charge in [-0.15, -0.1) is 0 Å². The van der Waals surface area contributed by atoms with E-state index in [1.54, 1.807) is 0 Å². The number of halogens is 3. The van der Waals surface area contributed by atoms with Crippen LogP contribution in [-0.2, 0) is 0 Å². The number of carbonyl (C=O) groups is 1. The number of rotatable bonds is 5. The lowest BCUT2D eigenvalue weighted by molar-refractivity contribution is 0.101. The summed E-state index contributed by atoms with van der Waals surface area (Å²) in [5.41, 5.74) is 2.26. The van der Waals surface area contributed by atoms with E-state index in [1.165, 1.54) is 0 Å². The number of benzene rings is 1. The molecule has 3 nitrogen and oxygen atoms in total. The number of Topliss-reactive ketones (excluding diaryl/α,β-unsaturated/α-hetero) is 1. The van der Waals surface area contributed by atoms with Gasteiger partial charge in [0.1, 0.15) is 0 Å². The van der Waals surface area contributed by atoms with E-state index in [0.29, 0.717) is 11.6 Å². The Morgan fingerprint density at radius 2 is 1.91 bits per heavy atom. The first-order valence-electron chi connectivity index (χ1n) is 7.49. The van der Waals surface area contributed by atoms with Gasteiger partial charge in [-0.25, -0.2) is 13.2 Å². The summed E-state index contributed by atoms with van der Waals surface area (Å²) in [6, 6.07) is 4.19. The number of ketones is 1. The fourth-order valence-electron chi connectivity index (χ4n) is 2.89. The third kappa shape index (κ3) is 2.85. The Balaban J connectivity index is 1.76. The first kappa shape index (κ1) is 15.6. The summed E-state index contributed by atoms with van der Waals surface area (Å²) in [6.07, 6.45) is 2.23.